The first-order valence-electron chi connectivity index (χ1n) is 6.18. The minimum atomic E-state index is -3.78. The van der Waals surface area contributed by atoms with Gasteiger partial charge in [0.1, 0.15) is 0 Å². The molecule has 6 nitrogen and oxygen atoms in total. The van der Waals surface area contributed by atoms with Crippen LogP contribution in [0.1, 0.15) is 27.2 Å². The van der Waals surface area contributed by atoms with Crippen molar-refractivity contribution < 1.29 is 23.5 Å². The minimum Gasteiger partial charge on any atom is -0.377 e. The van der Waals surface area contributed by atoms with Crippen molar-refractivity contribution in [2.45, 2.75) is 32.5 Å². The molecule has 0 aromatic carbocycles. The Bertz CT molecular complexity index is 346. The molecule has 0 saturated heterocycles. The van der Waals surface area contributed by atoms with Gasteiger partial charge in [-0.3, -0.25) is 9.36 Å². The van der Waals surface area contributed by atoms with Gasteiger partial charge in [-0.05, 0) is 19.3 Å². The van der Waals surface area contributed by atoms with Crippen molar-refractivity contribution in [3.8, 4) is 0 Å². The van der Waals surface area contributed by atoms with Crippen molar-refractivity contribution in [3.63, 3.8) is 0 Å². The number of aliphatic hydroxyl groups is 1. The molecule has 0 saturated carbocycles. The van der Waals surface area contributed by atoms with Crippen LogP contribution in [0.3, 0.4) is 0 Å². The van der Waals surface area contributed by atoms with Gasteiger partial charge in [0.2, 0.25) is 5.91 Å². The lowest BCUT2D eigenvalue weighted by molar-refractivity contribution is -0.139. The highest BCUT2D eigenvalue weighted by Crippen LogP contribution is 2.61. The first-order valence-corrected chi connectivity index (χ1v) is 7.72. The Balaban J connectivity index is 5.58. The number of nitrogens with zero attached hydrogens (tertiary/aromatic N) is 1. The summed E-state index contributed by atoms with van der Waals surface area (Å²) in [5.74, 6) is -0.996. The molecular formula is C12H26NO5P. The van der Waals surface area contributed by atoms with Crippen molar-refractivity contribution in [3.05, 3.63) is 0 Å². The fraction of sp³-hybridized carbons (Fsp3) is 0.917. The van der Waals surface area contributed by atoms with Gasteiger partial charge in [-0.15, -0.1) is 0 Å². The second-order valence-corrected chi connectivity index (χ2v) is 8.00. The van der Waals surface area contributed by atoms with E-state index in [-0.39, 0.29) is 11.8 Å². The van der Waals surface area contributed by atoms with E-state index in [1.165, 1.54) is 26.0 Å². The largest absolute Gasteiger partial charge is 0.377 e. The zero-order valence-electron chi connectivity index (χ0n) is 12.8. The normalized spacial score (nSPS) is 17.1. The van der Waals surface area contributed by atoms with E-state index < -0.39 is 18.9 Å². The highest BCUT2D eigenvalue weighted by molar-refractivity contribution is 7.55. The van der Waals surface area contributed by atoms with Crippen LogP contribution in [0, 0.1) is 11.8 Å². The van der Waals surface area contributed by atoms with Gasteiger partial charge in [-0.25, -0.2) is 0 Å². The fourth-order valence-electron chi connectivity index (χ4n) is 1.98. The smallest absolute Gasteiger partial charge is 0.361 e. The van der Waals surface area contributed by atoms with Crippen LogP contribution in [0.2, 0.25) is 0 Å². The molecule has 0 aromatic heterocycles. The average Bonchev–Trinajstić information content (AvgIpc) is 2.33. The number of carbonyl (C=O) groups is 1. The third-order valence-corrected chi connectivity index (χ3v) is 5.52. The lowest BCUT2D eigenvalue weighted by atomic mass is 9.91. The van der Waals surface area contributed by atoms with Crippen LogP contribution in [0.15, 0.2) is 0 Å². The Morgan fingerprint density at radius 2 is 1.74 bits per heavy atom. The SMILES string of the molecule is COP(=O)(OC)[C@](C)(O)[C@H](CC(C)C)C(=O)N(C)C. The fourth-order valence-corrected chi connectivity index (χ4v) is 3.46. The molecule has 114 valence electrons. The zero-order valence-corrected chi connectivity index (χ0v) is 13.7. The third-order valence-electron chi connectivity index (χ3n) is 3.14. The summed E-state index contributed by atoms with van der Waals surface area (Å²) in [6.07, 6.45) is 0.390. The van der Waals surface area contributed by atoms with Crippen LogP contribution in [0.5, 0.6) is 0 Å². The van der Waals surface area contributed by atoms with Crippen LogP contribution in [-0.2, 0) is 18.4 Å². The van der Waals surface area contributed by atoms with Gasteiger partial charge >= 0.3 is 7.60 Å². The number of rotatable bonds is 7. The zero-order chi connectivity index (χ0) is 15.4. The molecule has 0 rings (SSSR count). The van der Waals surface area contributed by atoms with Crippen LogP contribution in [0.25, 0.3) is 0 Å². The van der Waals surface area contributed by atoms with Gasteiger partial charge in [0, 0.05) is 28.3 Å². The number of carbonyl (C=O) groups excluding carboxylic acids is 1. The predicted octanol–water partition coefficient (Wildman–Crippen LogP) is 1.93. The second-order valence-electron chi connectivity index (χ2n) is 5.37. The maximum Gasteiger partial charge on any atom is 0.361 e. The van der Waals surface area contributed by atoms with E-state index in [1.807, 2.05) is 13.8 Å². The molecule has 0 aliphatic rings. The maximum absolute atomic E-state index is 12.5. The summed E-state index contributed by atoms with van der Waals surface area (Å²) in [6, 6.07) is 0. The van der Waals surface area contributed by atoms with E-state index in [0.717, 1.165) is 0 Å². The summed E-state index contributed by atoms with van der Waals surface area (Å²) in [5, 5.41) is 8.73. The Morgan fingerprint density at radius 3 is 2.00 bits per heavy atom. The Hall–Kier alpha value is -0.420. The quantitative estimate of drug-likeness (QED) is 0.726. The van der Waals surface area contributed by atoms with Crippen molar-refractivity contribution >= 4 is 13.5 Å². The molecule has 0 spiro atoms. The molecule has 0 bridgehead atoms. The summed E-state index contributed by atoms with van der Waals surface area (Å²) in [4.78, 5) is 13.6. The number of hydrogen-bond acceptors (Lipinski definition) is 5. The summed E-state index contributed by atoms with van der Waals surface area (Å²) in [5.41, 5.74) is 0. The molecule has 0 aromatic rings. The van der Waals surface area contributed by atoms with E-state index in [2.05, 4.69) is 0 Å². The van der Waals surface area contributed by atoms with Crippen molar-refractivity contribution in [1.29, 1.82) is 0 Å². The van der Waals surface area contributed by atoms with Gasteiger partial charge in [0.15, 0.2) is 5.34 Å². The summed E-state index contributed by atoms with van der Waals surface area (Å²) in [7, 11) is 1.80. The molecule has 0 radical (unpaired) electrons. The van der Waals surface area contributed by atoms with Gasteiger partial charge in [-0.1, -0.05) is 13.8 Å². The van der Waals surface area contributed by atoms with Crippen LogP contribution in [0.4, 0.5) is 0 Å². The van der Waals surface area contributed by atoms with Crippen molar-refractivity contribution in [2.24, 2.45) is 11.8 Å². The maximum atomic E-state index is 12.5. The molecule has 1 amide bonds. The molecule has 0 heterocycles. The van der Waals surface area contributed by atoms with Crippen molar-refractivity contribution in [1.82, 2.24) is 4.90 Å². The second kappa shape index (κ2) is 6.84. The molecule has 0 aliphatic carbocycles. The topological polar surface area (TPSA) is 76.1 Å². The van der Waals surface area contributed by atoms with Gasteiger partial charge in [-0.2, -0.15) is 0 Å². The first-order chi connectivity index (χ1) is 8.53. The minimum absolute atomic E-state index is 0.155. The van der Waals surface area contributed by atoms with Crippen LogP contribution < -0.4 is 0 Å². The monoisotopic (exact) mass is 295 g/mol. The molecule has 0 unspecified atom stereocenters. The van der Waals surface area contributed by atoms with Crippen LogP contribution >= 0.6 is 7.60 Å². The van der Waals surface area contributed by atoms with Gasteiger partial charge in [0.05, 0.1) is 5.92 Å². The van der Waals surface area contributed by atoms with Crippen LogP contribution in [-0.4, -0.2) is 49.6 Å². The Labute approximate surface area is 115 Å². The molecule has 0 aliphatic heterocycles. The van der Waals surface area contributed by atoms with E-state index in [0.29, 0.717) is 6.42 Å². The molecular weight excluding hydrogens is 269 g/mol. The summed E-state index contributed by atoms with van der Waals surface area (Å²) < 4.78 is 22.2. The Kier molecular flexibility index (Phi) is 6.69. The summed E-state index contributed by atoms with van der Waals surface area (Å²) in [6.45, 7) is 5.18. The molecule has 19 heavy (non-hydrogen) atoms. The first kappa shape index (κ1) is 18.6. The Morgan fingerprint density at radius 1 is 1.32 bits per heavy atom. The highest BCUT2D eigenvalue weighted by Gasteiger charge is 2.53. The molecule has 7 heteroatoms. The summed E-state index contributed by atoms with van der Waals surface area (Å²) >= 11 is 0. The molecule has 0 fully saturated rings. The van der Waals surface area contributed by atoms with E-state index in [9.17, 15) is 14.5 Å². The number of hydrogen-bond donors (Lipinski definition) is 1. The molecule has 1 N–H and O–H groups in total. The van der Waals surface area contributed by atoms with Gasteiger partial charge < -0.3 is 19.1 Å². The van der Waals surface area contributed by atoms with E-state index in [1.54, 1.807) is 14.1 Å². The average molecular weight is 295 g/mol. The highest BCUT2D eigenvalue weighted by atomic mass is 31.2. The van der Waals surface area contributed by atoms with Gasteiger partial charge in [0.25, 0.3) is 0 Å². The predicted molar refractivity (Wildman–Crippen MR) is 73.9 cm³/mol. The number of amides is 1. The van der Waals surface area contributed by atoms with E-state index >= 15 is 0 Å². The third kappa shape index (κ3) is 4.02. The van der Waals surface area contributed by atoms with Crippen molar-refractivity contribution in [2.75, 3.05) is 28.3 Å². The standard InChI is InChI=1S/C12H26NO5P/c1-9(2)8-10(11(14)13(4)5)12(3,15)19(16,17-6)18-7/h9-10,15H,8H2,1-7H3/t10-,12+/m1/s1. The molecule has 2 atom stereocenters. The lowest BCUT2D eigenvalue weighted by Crippen LogP contribution is -2.45. The lowest BCUT2D eigenvalue weighted by Gasteiger charge is -2.37. The van der Waals surface area contributed by atoms with E-state index in [4.69, 9.17) is 9.05 Å².